The average molecular weight is 263 g/mol. The van der Waals surface area contributed by atoms with Crippen molar-refractivity contribution in [3.63, 3.8) is 0 Å². The zero-order valence-corrected chi connectivity index (χ0v) is 9.89. The highest BCUT2D eigenvalue weighted by molar-refractivity contribution is 6.33. The second-order valence-electron chi connectivity index (χ2n) is 3.83. The molecule has 2 aromatic carbocycles. The minimum absolute atomic E-state index is 0.303. The first-order valence-electron chi connectivity index (χ1n) is 5.21. The van der Waals surface area contributed by atoms with E-state index in [2.05, 4.69) is 10.2 Å². The lowest BCUT2D eigenvalue weighted by Gasteiger charge is -1.97. The van der Waals surface area contributed by atoms with Gasteiger partial charge in [0.25, 0.3) is 0 Å². The molecule has 0 spiro atoms. The van der Waals surface area contributed by atoms with Gasteiger partial charge in [0.1, 0.15) is 16.9 Å². The summed E-state index contributed by atoms with van der Waals surface area (Å²) < 4.78 is 12.8. The number of rotatable bonds is 1. The molecule has 0 saturated carbocycles. The minimum Gasteiger partial charge on any atom is -0.397 e. The van der Waals surface area contributed by atoms with Gasteiger partial charge in [0, 0.05) is 0 Å². The van der Waals surface area contributed by atoms with Gasteiger partial charge in [-0.1, -0.05) is 11.6 Å². The fourth-order valence-corrected chi connectivity index (χ4v) is 1.80. The Labute approximate surface area is 107 Å². The lowest BCUT2D eigenvalue weighted by Crippen LogP contribution is -1.97. The Bertz CT molecular complexity index is 682. The second-order valence-corrected chi connectivity index (χ2v) is 4.24. The van der Waals surface area contributed by atoms with Crippen LogP contribution in [0.1, 0.15) is 0 Å². The number of fused-ring (bicyclic) bond motifs is 1. The molecule has 0 amide bonds. The van der Waals surface area contributed by atoms with E-state index in [4.69, 9.17) is 17.3 Å². The van der Waals surface area contributed by atoms with Gasteiger partial charge < -0.3 is 5.73 Å². The van der Waals surface area contributed by atoms with E-state index in [0.29, 0.717) is 27.4 Å². The summed E-state index contributed by atoms with van der Waals surface area (Å²) in [5.74, 6) is -0.303. The summed E-state index contributed by atoms with van der Waals surface area (Å²) in [4.78, 5) is 1.42. The number of nitrogen functional groups attached to an aromatic ring is 1. The molecule has 1 aromatic heterocycles. The van der Waals surface area contributed by atoms with Crippen molar-refractivity contribution < 1.29 is 4.39 Å². The van der Waals surface area contributed by atoms with Crippen molar-refractivity contribution in [2.45, 2.75) is 0 Å². The number of nitrogens with zero attached hydrogens (tertiary/aromatic N) is 3. The van der Waals surface area contributed by atoms with Crippen LogP contribution in [0.15, 0.2) is 36.4 Å². The molecule has 0 radical (unpaired) electrons. The molecule has 0 aliphatic heterocycles. The lowest BCUT2D eigenvalue weighted by molar-refractivity contribution is 0.626. The number of anilines is 1. The van der Waals surface area contributed by atoms with E-state index in [1.54, 1.807) is 24.3 Å². The molecule has 3 aromatic rings. The molecule has 0 aliphatic carbocycles. The third kappa shape index (κ3) is 1.78. The largest absolute Gasteiger partial charge is 0.397 e. The predicted molar refractivity (Wildman–Crippen MR) is 68.2 cm³/mol. The van der Waals surface area contributed by atoms with E-state index in [9.17, 15) is 4.39 Å². The van der Waals surface area contributed by atoms with E-state index in [1.165, 1.54) is 16.9 Å². The van der Waals surface area contributed by atoms with Gasteiger partial charge in [-0.2, -0.15) is 4.80 Å². The molecule has 6 heteroatoms. The summed E-state index contributed by atoms with van der Waals surface area (Å²) in [6.07, 6.45) is 0. The topological polar surface area (TPSA) is 56.7 Å². The first kappa shape index (κ1) is 11.0. The third-order valence-electron chi connectivity index (χ3n) is 2.56. The van der Waals surface area contributed by atoms with Crippen LogP contribution >= 0.6 is 11.6 Å². The molecule has 0 aliphatic rings. The highest BCUT2D eigenvalue weighted by atomic mass is 35.5. The summed E-state index contributed by atoms with van der Waals surface area (Å²) in [7, 11) is 0. The molecule has 4 nitrogen and oxygen atoms in total. The third-order valence-corrected chi connectivity index (χ3v) is 2.88. The van der Waals surface area contributed by atoms with Crippen molar-refractivity contribution in [2.24, 2.45) is 0 Å². The van der Waals surface area contributed by atoms with E-state index < -0.39 is 0 Å². The highest BCUT2D eigenvalue weighted by Gasteiger charge is 2.07. The summed E-state index contributed by atoms with van der Waals surface area (Å²) in [6, 6.07) is 9.21. The monoisotopic (exact) mass is 262 g/mol. The quantitative estimate of drug-likeness (QED) is 0.686. The van der Waals surface area contributed by atoms with Crippen LogP contribution in [0.2, 0.25) is 5.02 Å². The summed E-state index contributed by atoms with van der Waals surface area (Å²) in [5, 5.41) is 8.96. The zero-order chi connectivity index (χ0) is 12.7. The number of aromatic nitrogens is 3. The van der Waals surface area contributed by atoms with Gasteiger partial charge in [-0.15, -0.1) is 10.2 Å². The number of hydrogen-bond acceptors (Lipinski definition) is 3. The maximum Gasteiger partial charge on any atom is 0.123 e. The van der Waals surface area contributed by atoms with Crippen molar-refractivity contribution in [1.82, 2.24) is 15.0 Å². The number of benzene rings is 2. The predicted octanol–water partition coefficient (Wildman–Crippen LogP) is 2.80. The maximum atomic E-state index is 12.8. The van der Waals surface area contributed by atoms with Crippen LogP contribution in [0.3, 0.4) is 0 Å². The van der Waals surface area contributed by atoms with Crippen LogP contribution in [-0.4, -0.2) is 15.0 Å². The van der Waals surface area contributed by atoms with E-state index in [0.717, 1.165) is 0 Å². The van der Waals surface area contributed by atoms with E-state index >= 15 is 0 Å². The normalized spacial score (nSPS) is 11.0. The Morgan fingerprint density at radius 1 is 1.06 bits per heavy atom. The fourth-order valence-electron chi connectivity index (χ4n) is 1.64. The van der Waals surface area contributed by atoms with Crippen molar-refractivity contribution in [3.8, 4) is 5.69 Å². The highest BCUT2D eigenvalue weighted by Crippen LogP contribution is 2.24. The van der Waals surface area contributed by atoms with Gasteiger partial charge in [0.15, 0.2) is 0 Å². The molecule has 2 N–H and O–H groups in total. The Hall–Kier alpha value is -2.14. The van der Waals surface area contributed by atoms with Crippen molar-refractivity contribution in [3.05, 3.63) is 47.2 Å². The first-order chi connectivity index (χ1) is 8.63. The van der Waals surface area contributed by atoms with Crippen LogP contribution in [0.5, 0.6) is 0 Å². The summed E-state index contributed by atoms with van der Waals surface area (Å²) in [6.45, 7) is 0. The van der Waals surface area contributed by atoms with Gasteiger partial charge >= 0.3 is 0 Å². The van der Waals surface area contributed by atoms with Gasteiger partial charge in [-0.3, -0.25) is 0 Å². The van der Waals surface area contributed by atoms with Gasteiger partial charge in [-0.25, -0.2) is 4.39 Å². The van der Waals surface area contributed by atoms with Crippen LogP contribution in [0.25, 0.3) is 16.7 Å². The van der Waals surface area contributed by atoms with E-state index in [1.807, 2.05) is 0 Å². The van der Waals surface area contributed by atoms with Gasteiger partial charge in [0.2, 0.25) is 0 Å². The molecular weight excluding hydrogens is 255 g/mol. The molecule has 0 unspecified atom stereocenters. The molecule has 3 rings (SSSR count). The minimum atomic E-state index is -0.303. The van der Waals surface area contributed by atoms with Crippen molar-refractivity contribution >= 4 is 28.3 Å². The number of hydrogen-bond donors (Lipinski definition) is 1. The van der Waals surface area contributed by atoms with E-state index in [-0.39, 0.29) is 5.82 Å². The smallest absolute Gasteiger partial charge is 0.123 e. The Morgan fingerprint density at radius 2 is 1.67 bits per heavy atom. The molecule has 1 heterocycles. The molecule has 90 valence electrons. The first-order valence-corrected chi connectivity index (χ1v) is 5.59. The standard InChI is InChI=1S/C12H8ClFN4/c13-9-5-11-12(6-10(9)15)17-18(16-11)8-3-1-7(14)2-4-8/h1-6H,15H2. The molecule has 0 fully saturated rings. The van der Waals surface area contributed by atoms with Crippen LogP contribution in [0, 0.1) is 5.82 Å². The number of nitrogens with two attached hydrogens (primary N) is 1. The van der Waals surface area contributed by atoms with Crippen molar-refractivity contribution in [1.29, 1.82) is 0 Å². The van der Waals surface area contributed by atoms with Crippen LogP contribution in [-0.2, 0) is 0 Å². The summed E-state index contributed by atoms with van der Waals surface area (Å²) >= 11 is 5.91. The fraction of sp³-hybridized carbons (Fsp3) is 0. The Morgan fingerprint density at radius 3 is 2.33 bits per heavy atom. The second kappa shape index (κ2) is 3.96. The summed E-state index contributed by atoms with van der Waals surface area (Å²) in [5.41, 5.74) is 8.10. The Balaban J connectivity index is 2.16. The molecule has 18 heavy (non-hydrogen) atoms. The van der Waals surface area contributed by atoms with Crippen LogP contribution < -0.4 is 5.73 Å². The molecule has 0 bridgehead atoms. The molecule has 0 saturated heterocycles. The van der Waals surface area contributed by atoms with Crippen molar-refractivity contribution in [2.75, 3.05) is 5.73 Å². The Kier molecular flexibility index (Phi) is 2.41. The SMILES string of the molecule is Nc1cc2nn(-c3ccc(F)cc3)nc2cc1Cl. The van der Waals surface area contributed by atoms with Crippen LogP contribution in [0.4, 0.5) is 10.1 Å². The number of halogens is 2. The average Bonchev–Trinajstić information content (AvgIpc) is 2.73. The molecule has 0 atom stereocenters. The van der Waals surface area contributed by atoms with Gasteiger partial charge in [0.05, 0.1) is 16.4 Å². The zero-order valence-electron chi connectivity index (χ0n) is 9.14. The maximum absolute atomic E-state index is 12.8. The van der Waals surface area contributed by atoms with Gasteiger partial charge in [-0.05, 0) is 36.4 Å². The lowest BCUT2D eigenvalue weighted by atomic mass is 10.3. The molecular formula is C12H8ClFN4.